The number of benzene rings is 2. The normalized spacial score (nSPS) is 10.8. The quantitative estimate of drug-likeness (QED) is 0.704. The molecule has 1 heterocycles. The minimum absolute atomic E-state index is 0.727. The second-order valence-corrected chi connectivity index (χ2v) is 5.50. The van der Waals surface area contributed by atoms with Crippen LogP contribution in [0.5, 0.6) is 0 Å². The molecule has 0 atom stereocenters. The molecule has 1 aromatic heterocycles. The molecule has 2 nitrogen and oxygen atoms in total. The van der Waals surface area contributed by atoms with Crippen molar-refractivity contribution in [2.24, 2.45) is 0 Å². The van der Waals surface area contributed by atoms with Gasteiger partial charge in [-0.15, -0.1) is 0 Å². The minimum atomic E-state index is 0.727. The summed E-state index contributed by atoms with van der Waals surface area (Å²) in [7, 11) is 0. The molecular formula is C16H14N2S. The van der Waals surface area contributed by atoms with Gasteiger partial charge in [0.2, 0.25) is 0 Å². The maximum absolute atomic E-state index is 5.98. The monoisotopic (exact) mass is 266 g/mol. The molecule has 2 aromatic carbocycles. The molecule has 94 valence electrons. The van der Waals surface area contributed by atoms with Crippen LogP contribution in [-0.4, -0.2) is 4.98 Å². The van der Waals surface area contributed by atoms with Crippen molar-refractivity contribution < 1.29 is 0 Å². The van der Waals surface area contributed by atoms with E-state index >= 15 is 0 Å². The van der Waals surface area contributed by atoms with E-state index in [9.17, 15) is 0 Å². The van der Waals surface area contributed by atoms with Gasteiger partial charge in [0.05, 0.1) is 11.2 Å². The van der Waals surface area contributed by atoms with Crippen LogP contribution in [0.4, 0.5) is 5.69 Å². The first-order chi connectivity index (χ1) is 9.25. The highest BCUT2D eigenvalue weighted by atomic mass is 32.2. The second kappa shape index (κ2) is 4.94. The molecule has 0 fully saturated rings. The molecule has 0 spiro atoms. The Morgan fingerprint density at radius 3 is 2.63 bits per heavy atom. The molecule has 0 saturated heterocycles. The maximum atomic E-state index is 5.98. The van der Waals surface area contributed by atoms with Crippen molar-refractivity contribution in [1.82, 2.24) is 4.98 Å². The SMILES string of the molecule is Cc1ccccc1Sc1ccc(N)c2ncccc12. The number of hydrogen-bond donors (Lipinski definition) is 1. The number of nitrogen functional groups attached to an aromatic ring is 1. The fraction of sp³-hybridized carbons (Fsp3) is 0.0625. The van der Waals surface area contributed by atoms with Gasteiger partial charge >= 0.3 is 0 Å². The molecule has 0 radical (unpaired) electrons. The largest absolute Gasteiger partial charge is 0.397 e. The standard InChI is InChI=1S/C16H14N2S/c1-11-5-2-3-7-14(11)19-15-9-8-13(17)16-12(15)6-4-10-18-16/h2-10H,17H2,1H3. The van der Waals surface area contributed by atoms with Gasteiger partial charge in [0.25, 0.3) is 0 Å². The lowest BCUT2D eigenvalue weighted by Crippen LogP contribution is -1.90. The van der Waals surface area contributed by atoms with Gasteiger partial charge in [0.1, 0.15) is 0 Å². The number of hydrogen-bond acceptors (Lipinski definition) is 3. The zero-order valence-corrected chi connectivity index (χ0v) is 11.4. The number of nitrogens with zero attached hydrogens (tertiary/aromatic N) is 1. The smallest absolute Gasteiger partial charge is 0.0942 e. The summed E-state index contributed by atoms with van der Waals surface area (Å²) in [5.74, 6) is 0. The molecule has 0 saturated carbocycles. The van der Waals surface area contributed by atoms with Crippen LogP contribution in [0.3, 0.4) is 0 Å². The number of nitrogens with two attached hydrogens (primary N) is 1. The van der Waals surface area contributed by atoms with Gasteiger partial charge in [-0.3, -0.25) is 4.98 Å². The molecule has 0 amide bonds. The Morgan fingerprint density at radius 2 is 1.79 bits per heavy atom. The minimum Gasteiger partial charge on any atom is -0.397 e. The molecular weight excluding hydrogens is 252 g/mol. The Bertz CT molecular complexity index is 738. The van der Waals surface area contributed by atoms with Gasteiger partial charge in [0.15, 0.2) is 0 Å². The number of aromatic nitrogens is 1. The highest BCUT2D eigenvalue weighted by Crippen LogP contribution is 2.36. The van der Waals surface area contributed by atoms with Crippen LogP contribution < -0.4 is 5.73 Å². The van der Waals surface area contributed by atoms with Gasteiger partial charge in [-0.25, -0.2) is 0 Å². The van der Waals surface area contributed by atoms with E-state index in [-0.39, 0.29) is 0 Å². The zero-order valence-electron chi connectivity index (χ0n) is 10.6. The Hall–Kier alpha value is -2.00. The second-order valence-electron chi connectivity index (χ2n) is 4.42. The van der Waals surface area contributed by atoms with Crippen molar-refractivity contribution in [3.63, 3.8) is 0 Å². The summed E-state index contributed by atoms with van der Waals surface area (Å²) in [6.07, 6.45) is 1.78. The molecule has 19 heavy (non-hydrogen) atoms. The van der Waals surface area contributed by atoms with Crippen LogP contribution in [0.15, 0.2) is 64.5 Å². The number of pyridine rings is 1. The average Bonchev–Trinajstić information content (AvgIpc) is 2.44. The summed E-state index contributed by atoms with van der Waals surface area (Å²) in [5.41, 5.74) is 8.86. The fourth-order valence-corrected chi connectivity index (χ4v) is 3.07. The number of rotatable bonds is 2. The van der Waals surface area contributed by atoms with Crippen LogP contribution in [0.25, 0.3) is 10.9 Å². The van der Waals surface area contributed by atoms with Crippen molar-refractivity contribution in [2.75, 3.05) is 5.73 Å². The molecule has 0 unspecified atom stereocenters. The van der Waals surface area contributed by atoms with Gasteiger partial charge in [-0.1, -0.05) is 36.0 Å². The van der Waals surface area contributed by atoms with Crippen molar-refractivity contribution >= 4 is 28.4 Å². The first-order valence-corrected chi connectivity index (χ1v) is 6.94. The first-order valence-electron chi connectivity index (χ1n) is 6.12. The van der Waals surface area contributed by atoms with E-state index in [1.54, 1.807) is 18.0 Å². The van der Waals surface area contributed by atoms with Crippen molar-refractivity contribution in [1.29, 1.82) is 0 Å². The molecule has 3 aromatic rings. The average molecular weight is 266 g/mol. The van der Waals surface area contributed by atoms with E-state index in [4.69, 9.17) is 5.73 Å². The summed E-state index contributed by atoms with van der Waals surface area (Å²) < 4.78 is 0. The van der Waals surface area contributed by atoms with E-state index in [2.05, 4.69) is 48.3 Å². The van der Waals surface area contributed by atoms with Gasteiger partial charge in [-0.05, 0) is 36.8 Å². The van der Waals surface area contributed by atoms with Crippen LogP contribution in [0, 0.1) is 6.92 Å². The van der Waals surface area contributed by atoms with Crippen LogP contribution in [0.2, 0.25) is 0 Å². The van der Waals surface area contributed by atoms with E-state index in [1.165, 1.54) is 15.4 Å². The van der Waals surface area contributed by atoms with E-state index in [0.717, 1.165) is 16.6 Å². The van der Waals surface area contributed by atoms with Crippen LogP contribution in [-0.2, 0) is 0 Å². The highest BCUT2D eigenvalue weighted by molar-refractivity contribution is 7.99. The van der Waals surface area contributed by atoms with Crippen LogP contribution >= 0.6 is 11.8 Å². The molecule has 0 aliphatic carbocycles. The van der Waals surface area contributed by atoms with Gasteiger partial charge < -0.3 is 5.73 Å². The number of anilines is 1. The van der Waals surface area contributed by atoms with Crippen LogP contribution in [0.1, 0.15) is 5.56 Å². The first kappa shape index (κ1) is 12.1. The fourth-order valence-electron chi connectivity index (χ4n) is 2.05. The molecule has 0 bridgehead atoms. The summed E-state index contributed by atoms with van der Waals surface area (Å²) in [6.45, 7) is 2.13. The Balaban J connectivity index is 2.12. The van der Waals surface area contributed by atoms with E-state index < -0.39 is 0 Å². The third-order valence-electron chi connectivity index (χ3n) is 3.07. The van der Waals surface area contributed by atoms with Crippen molar-refractivity contribution in [3.8, 4) is 0 Å². The lowest BCUT2D eigenvalue weighted by Gasteiger charge is -2.09. The van der Waals surface area contributed by atoms with Gasteiger partial charge in [0, 0.05) is 21.4 Å². The molecule has 3 heteroatoms. The highest BCUT2D eigenvalue weighted by Gasteiger charge is 2.07. The van der Waals surface area contributed by atoms with E-state index in [1.807, 2.05) is 12.1 Å². The number of aryl methyl sites for hydroxylation is 1. The lowest BCUT2D eigenvalue weighted by atomic mass is 10.2. The zero-order chi connectivity index (χ0) is 13.2. The Kier molecular flexibility index (Phi) is 3.13. The topological polar surface area (TPSA) is 38.9 Å². The molecule has 0 aliphatic heterocycles. The summed E-state index contributed by atoms with van der Waals surface area (Å²) in [6, 6.07) is 16.4. The summed E-state index contributed by atoms with van der Waals surface area (Å²) in [4.78, 5) is 6.82. The third-order valence-corrected chi connectivity index (χ3v) is 4.33. The molecule has 0 aliphatic rings. The maximum Gasteiger partial charge on any atom is 0.0942 e. The van der Waals surface area contributed by atoms with Crippen molar-refractivity contribution in [3.05, 3.63) is 60.3 Å². The predicted octanol–water partition coefficient (Wildman–Crippen LogP) is 4.28. The Morgan fingerprint density at radius 1 is 0.947 bits per heavy atom. The van der Waals surface area contributed by atoms with E-state index in [0.29, 0.717) is 0 Å². The third kappa shape index (κ3) is 2.29. The Labute approximate surface area is 116 Å². The summed E-state index contributed by atoms with van der Waals surface area (Å²) >= 11 is 1.76. The predicted molar refractivity (Wildman–Crippen MR) is 81.5 cm³/mol. The molecule has 3 rings (SSSR count). The lowest BCUT2D eigenvalue weighted by molar-refractivity contribution is 1.30. The van der Waals surface area contributed by atoms with Crippen molar-refractivity contribution in [2.45, 2.75) is 16.7 Å². The molecule has 2 N–H and O–H groups in total. The number of fused-ring (bicyclic) bond motifs is 1. The van der Waals surface area contributed by atoms with Gasteiger partial charge in [-0.2, -0.15) is 0 Å². The summed E-state index contributed by atoms with van der Waals surface area (Å²) in [5, 5.41) is 1.11.